The number of nitrogens with zero attached hydrogens (tertiary/aromatic N) is 2. The first kappa shape index (κ1) is 15.7. The van der Waals surface area contributed by atoms with Crippen LogP contribution >= 0.6 is 0 Å². The molecule has 0 aliphatic heterocycles. The number of benzene rings is 1. The Kier molecular flexibility index (Phi) is 5.55. The molecule has 0 bridgehead atoms. The van der Waals surface area contributed by atoms with Gasteiger partial charge in [0.05, 0.1) is 6.54 Å². The first-order valence-electron chi connectivity index (χ1n) is 6.06. The van der Waals surface area contributed by atoms with E-state index in [1.165, 1.54) is 22.7 Å². The fourth-order valence-corrected chi connectivity index (χ4v) is 3.01. The van der Waals surface area contributed by atoms with Gasteiger partial charge in [-0.2, -0.15) is 17.0 Å². The summed E-state index contributed by atoms with van der Waals surface area (Å²) < 4.78 is 27.0. The highest BCUT2D eigenvalue weighted by atomic mass is 32.2. The number of hydrogen-bond acceptors (Lipinski definition) is 2. The molecule has 0 heterocycles. The van der Waals surface area contributed by atoms with E-state index < -0.39 is 10.2 Å². The van der Waals surface area contributed by atoms with Crippen molar-refractivity contribution in [1.82, 2.24) is 8.61 Å². The van der Waals surface area contributed by atoms with Crippen molar-refractivity contribution in [3.05, 3.63) is 35.9 Å². The molecule has 19 heavy (non-hydrogen) atoms. The molecular formula is C14H20N2O2S. The van der Waals surface area contributed by atoms with Gasteiger partial charge in [-0.05, 0) is 18.9 Å². The third-order valence-electron chi connectivity index (χ3n) is 2.87. The maximum Gasteiger partial charge on any atom is 0.282 e. The molecule has 0 spiro atoms. The molecule has 0 aliphatic rings. The van der Waals surface area contributed by atoms with Crippen LogP contribution in [0.3, 0.4) is 0 Å². The highest BCUT2D eigenvalue weighted by molar-refractivity contribution is 7.86. The molecule has 0 saturated heterocycles. The zero-order chi connectivity index (χ0) is 14.5. The van der Waals surface area contributed by atoms with Crippen LogP contribution in [-0.4, -0.2) is 43.7 Å². The summed E-state index contributed by atoms with van der Waals surface area (Å²) in [5.74, 6) is 2.42. The molecule has 1 aromatic rings. The van der Waals surface area contributed by atoms with Crippen molar-refractivity contribution in [2.75, 3.05) is 20.6 Å². The third kappa shape index (κ3) is 4.06. The topological polar surface area (TPSA) is 40.6 Å². The van der Waals surface area contributed by atoms with Crippen molar-refractivity contribution >= 4 is 10.2 Å². The second-order valence-electron chi connectivity index (χ2n) is 4.58. The highest BCUT2D eigenvalue weighted by Crippen LogP contribution is 2.14. The molecule has 1 atom stereocenters. The van der Waals surface area contributed by atoms with E-state index >= 15 is 0 Å². The van der Waals surface area contributed by atoms with Gasteiger partial charge in [0.25, 0.3) is 10.2 Å². The second-order valence-corrected chi connectivity index (χ2v) is 6.67. The molecule has 0 aromatic heterocycles. The van der Waals surface area contributed by atoms with Crippen LogP contribution < -0.4 is 0 Å². The van der Waals surface area contributed by atoms with Crippen LogP contribution in [0.1, 0.15) is 12.5 Å². The Balaban J connectivity index is 2.92. The highest BCUT2D eigenvalue weighted by Gasteiger charge is 2.28. The standard InChI is InChI=1S/C14H20N2O2S/c1-5-11-16(19(17,18)15(3)4)13(2)12-14-9-7-6-8-10-14/h1,6-10,13H,11-12H2,2-4H3. The minimum Gasteiger partial charge on any atom is -0.195 e. The molecule has 1 unspecified atom stereocenters. The van der Waals surface area contributed by atoms with Gasteiger partial charge in [-0.25, -0.2) is 0 Å². The summed E-state index contributed by atoms with van der Waals surface area (Å²) in [5, 5.41) is 0. The van der Waals surface area contributed by atoms with E-state index in [1.54, 1.807) is 0 Å². The fraction of sp³-hybridized carbons (Fsp3) is 0.429. The van der Waals surface area contributed by atoms with Crippen molar-refractivity contribution in [2.45, 2.75) is 19.4 Å². The second kappa shape index (κ2) is 6.71. The summed E-state index contributed by atoms with van der Waals surface area (Å²) in [5.41, 5.74) is 1.09. The smallest absolute Gasteiger partial charge is 0.195 e. The Bertz CT molecular complexity index is 532. The van der Waals surface area contributed by atoms with Crippen molar-refractivity contribution in [1.29, 1.82) is 0 Å². The van der Waals surface area contributed by atoms with E-state index in [4.69, 9.17) is 6.42 Å². The van der Waals surface area contributed by atoms with Gasteiger partial charge >= 0.3 is 0 Å². The molecule has 0 fully saturated rings. The predicted octanol–water partition coefficient (Wildman–Crippen LogP) is 1.36. The summed E-state index contributed by atoms with van der Waals surface area (Å²) >= 11 is 0. The number of hydrogen-bond donors (Lipinski definition) is 0. The molecule has 0 aliphatic carbocycles. The van der Waals surface area contributed by atoms with E-state index in [0.29, 0.717) is 6.42 Å². The fourth-order valence-electron chi connectivity index (χ4n) is 1.82. The lowest BCUT2D eigenvalue weighted by Gasteiger charge is -2.29. The Morgan fingerprint density at radius 3 is 2.32 bits per heavy atom. The van der Waals surface area contributed by atoms with Crippen molar-refractivity contribution < 1.29 is 8.42 Å². The Hall–Kier alpha value is -1.35. The van der Waals surface area contributed by atoms with Crippen molar-refractivity contribution in [3.63, 3.8) is 0 Å². The zero-order valence-electron chi connectivity index (χ0n) is 11.6. The molecule has 0 N–H and O–H groups in total. The molecule has 104 valence electrons. The molecule has 1 aromatic carbocycles. The lowest BCUT2D eigenvalue weighted by molar-refractivity contribution is 0.337. The summed E-state index contributed by atoms with van der Waals surface area (Å²) in [6.45, 7) is 1.94. The van der Waals surface area contributed by atoms with Gasteiger partial charge in [0, 0.05) is 20.1 Å². The number of rotatable bonds is 6. The van der Waals surface area contributed by atoms with Crippen LogP contribution in [0.4, 0.5) is 0 Å². The third-order valence-corrected chi connectivity index (χ3v) is 4.88. The van der Waals surface area contributed by atoms with Crippen LogP contribution in [0.2, 0.25) is 0 Å². The average molecular weight is 280 g/mol. The van der Waals surface area contributed by atoms with Gasteiger partial charge in [0.1, 0.15) is 0 Å². The molecule has 4 nitrogen and oxygen atoms in total. The van der Waals surface area contributed by atoms with Crippen LogP contribution in [0, 0.1) is 12.3 Å². The summed E-state index contributed by atoms with van der Waals surface area (Å²) in [7, 11) is -0.480. The van der Waals surface area contributed by atoms with Gasteiger partial charge in [0.15, 0.2) is 0 Å². The van der Waals surface area contributed by atoms with Gasteiger partial charge in [-0.15, -0.1) is 6.42 Å². The quantitative estimate of drug-likeness (QED) is 0.738. The van der Waals surface area contributed by atoms with Gasteiger partial charge in [-0.1, -0.05) is 36.3 Å². The molecule has 5 heteroatoms. The largest absolute Gasteiger partial charge is 0.282 e. The molecular weight excluding hydrogens is 260 g/mol. The van der Waals surface area contributed by atoms with Crippen LogP contribution in [0.15, 0.2) is 30.3 Å². The maximum atomic E-state index is 12.2. The average Bonchev–Trinajstić information content (AvgIpc) is 2.36. The first-order valence-corrected chi connectivity index (χ1v) is 7.46. The van der Waals surface area contributed by atoms with Gasteiger partial charge in [-0.3, -0.25) is 0 Å². The monoisotopic (exact) mass is 280 g/mol. The van der Waals surface area contributed by atoms with E-state index in [9.17, 15) is 8.42 Å². The van der Waals surface area contributed by atoms with Crippen LogP contribution in [0.5, 0.6) is 0 Å². The van der Waals surface area contributed by atoms with E-state index in [1.807, 2.05) is 37.3 Å². The summed E-state index contributed by atoms with van der Waals surface area (Å²) in [6, 6.07) is 9.58. The van der Waals surface area contributed by atoms with Crippen molar-refractivity contribution in [2.24, 2.45) is 0 Å². The summed E-state index contributed by atoms with van der Waals surface area (Å²) in [6.07, 6.45) is 5.92. The van der Waals surface area contributed by atoms with Crippen LogP contribution in [0.25, 0.3) is 0 Å². The SMILES string of the molecule is C#CCN(C(C)Cc1ccccc1)S(=O)(=O)N(C)C. The lowest BCUT2D eigenvalue weighted by Crippen LogP contribution is -2.46. The minimum atomic E-state index is -3.50. The normalized spacial score (nSPS) is 13.5. The zero-order valence-corrected chi connectivity index (χ0v) is 12.4. The van der Waals surface area contributed by atoms with E-state index in [-0.39, 0.29) is 12.6 Å². The Labute approximate surface area is 116 Å². The lowest BCUT2D eigenvalue weighted by atomic mass is 10.1. The summed E-state index contributed by atoms with van der Waals surface area (Å²) in [4.78, 5) is 0. The van der Waals surface area contributed by atoms with Crippen molar-refractivity contribution in [3.8, 4) is 12.3 Å². The van der Waals surface area contributed by atoms with Gasteiger partial charge in [0.2, 0.25) is 0 Å². The molecule has 0 radical (unpaired) electrons. The molecule has 0 saturated carbocycles. The number of terminal acetylenes is 1. The van der Waals surface area contributed by atoms with Crippen LogP contribution in [-0.2, 0) is 16.6 Å². The Morgan fingerprint density at radius 2 is 1.84 bits per heavy atom. The molecule has 1 rings (SSSR count). The van der Waals surface area contributed by atoms with E-state index in [2.05, 4.69) is 5.92 Å². The first-order chi connectivity index (χ1) is 8.89. The predicted molar refractivity (Wildman–Crippen MR) is 77.8 cm³/mol. The van der Waals surface area contributed by atoms with Gasteiger partial charge < -0.3 is 0 Å². The maximum absolute atomic E-state index is 12.2. The minimum absolute atomic E-state index is 0.0779. The van der Waals surface area contributed by atoms with E-state index in [0.717, 1.165) is 5.56 Å². The Morgan fingerprint density at radius 1 is 1.26 bits per heavy atom. The molecule has 0 amide bonds.